The van der Waals surface area contributed by atoms with E-state index in [0.29, 0.717) is 0 Å². The highest BCUT2D eigenvalue weighted by atomic mass is 16.2. The number of carbonyl (C=O) groups excluding carboxylic acids is 1. The van der Waals surface area contributed by atoms with E-state index in [9.17, 15) is 4.79 Å². The van der Waals surface area contributed by atoms with Crippen molar-refractivity contribution in [2.24, 2.45) is 0 Å². The molecular weight excluding hydrogens is 336 g/mol. The van der Waals surface area contributed by atoms with E-state index in [4.69, 9.17) is 0 Å². The van der Waals surface area contributed by atoms with Gasteiger partial charge in [0.1, 0.15) is 6.04 Å². The molecule has 5 heteroatoms. The summed E-state index contributed by atoms with van der Waals surface area (Å²) in [5, 5.41) is 0. The molecule has 2 aliphatic rings. The Morgan fingerprint density at radius 3 is 2.07 bits per heavy atom. The Morgan fingerprint density at radius 1 is 0.852 bits per heavy atom. The molecule has 2 saturated heterocycles. The van der Waals surface area contributed by atoms with Gasteiger partial charge in [-0.25, -0.2) is 10.9 Å². The number of rotatable bonds is 3. The quantitative estimate of drug-likeness (QED) is 0.879. The maximum absolute atomic E-state index is 12.9. The highest BCUT2D eigenvalue weighted by Crippen LogP contribution is 2.24. The first kappa shape index (κ1) is 18.0. The molecule has 0 radical (unpaired) electrons. The summed E-state index contributed by atoms with van der Waals surface area (Å²) < 4.78 is 0. The molecule has 2 aromatic rings. The highest BCUT2D eigenvalue weighted by molar-refractivity contribution is 5.82. The van der Waals surface area contributed by atoms with Gasteiger partial charge in [0.2, 0.25) is 5.91 Å². The lowest BCUT2D eigenvalue weighted by atomic mass is 10.0. The van der Waals surface area contributed by atoms with Crippen molar-refractivity contribution in [3.05, 3.63) is 65.2 Å². The fourth-order valence-electron chi connectivity index (χ4n) is 3.90. The fraction of sp³-hybridized carbons (Fsp3) is 0.409. The smallest absolute Gasteiger partial charge is 0.241 e. The van der Waals surface area contributed by atoms with Gasteiger partial charge in [0, 0.05) is 37.9 Å². The minimum Gasteiger partial charge on any atom is -0.368 e. The van der Waals surface area contributed by atoms with Gasteiger partial charge in [-0.3, -0.25) is 4.79 Å². The summed E-state index contributed by atoms with van der Waals surface area (Å²) >= 11 is 0. The molecule has 0 bridgehead atoms. The van der Waals surface area contributed by atoms with Crippen molar-refractivity contribution in [3.8, 4) is 0 Å². The maximum Gasteiger partial charge on any atom is 0.241 e. The monoisotopic (exact) mass is 364 g/mol. The Balaban J connectivity index is 1.32. The van der Waals surface area contributed by atoms with Crippen molar-refractivity contribution in [3.63, 3.8) is 0 Å². The summed E-state index contributed by atoms with van der Waals surface area (Å²) in [7, 11) is 0. The van der Waals surface area contributed by atoms with Gasteiger partial charge in [-0.2, -0.15) is 0 Å². The van der Waals surface area contributed by atoms with Crippen LogP contribution in [-0.4, -0.2) is 43.0 Å². The van der Waals surface area contributed by atoms with Crippen molar-refractivity contribution < 1.29 is 4.79 Å². The van der Waals surface area contributed by atoms with Gasteiger partial charge in [0.15, 0.2) is 0 Å². The molecule has 2 heterocycles. The molecule has 1 amide bonds. The molecule has 27 heavy (non-hydrogen) atoms. The van der Waals surface area contributed by atoms with E-state index in [2.05, 4.69) is 78.1 Å². The summed E-state index contributed by atoms with van der Waals surface area (Å²) in [6, 6.07) is 17.2. The van der Waals surface area contributed by atoms with Gasteiger partial charge in [-0.1, -0.05) is 47.5 Å². The zero-order chi connectivity index (χ0) is 18.8. The topological polar surface area (TPSA) is 47.6 Å². The molecule has 0 saturated carbocycles. The van der Waals surface area contributed by atoms with Crippen LogP contribution in [0.1, 0.15) is 29.2 Å². The SMILES string of the molecule is Cc1ccc(C2CC(C(=O)N3CCN(c4ccc(C)cc4)CC3)NN2)cc1. The number of hydrogen-bond donors (Lipinski definition) is 2. The summed E-state index contributed by atoms with van der Waals surface area (Å²) in [5.41, 5.74) is 11.5. The molecule has 2 aromatic carbocycles. The average molecular weight is 364 g/mol. The number of amides is 1. The van der Waals surface area contributed by atoms with Crippen LogP contribution in [0.3, 0.4) is 0 Å². The molecule has 2 N–H and O–H groups in total. The third-order valence-corrected chi connectivity index (χ3v) is 5.67. The summed E-state index contributed by atoms with van der Waals surface area (Å²) in [6.45, 7) is 7.52. The second-order valence-corrected chi connectivity index (χ2v) is 7.69. The van der Waals surface area contributed by atoms with Gasteiger partial charge in [0.25, 0.3) is 0 Å². The number of hydrogen-bond acceptors (Lipinski definition) is 4. The van der Waals surface area contributed by atoms with Crippen LogP contribution in [0, 0.1) is 13.8 Å². The lowest BCUT2D eigenvalue weighted by Gasteiger charge is -2.37. The molecule has 2 unspecified atom stereocenters. The van der Waals surface area contributed by atoms with E-state index in [1.54, 1.807) is 0 Å². The first-order valence-electron chi connectivity index (χ1n) is 9.78. The molecule has 142 valence electrons. The van der Waals surface area contributed by atoms with Crippen LogP contribution >= 0.6 is 0 Å². The highest BCUT2D eigenvalue weighted by Gasteiger charge is 2.34. The zero-order valence-electron chi connectivity index (χ0n) is 16.1. The number of nitrogens with zero attached hydrogens (tertiary/aromatic N) is 2. The number of anilines is 1. The van der Waals surface area contributed by atoms with Crippen LogP contribution in [0.4, 0.5) is 5.69 Å². The van der Waals surface area contributed by atoms with E-state index in [1.807, 2.05) is 4.90 Å². The third kappa shape index (κ3) is 3.99. The lowest BCUT2D eigenvalue weighted by molar-refractivity contribution is -0.133. The molecule has 2 fully saturated rings. The van der Waals surface area contributed by atoms with Crippen molar-refractivity contribution in [1.82, 2.24) is 15.8 Å². The molecule has 2 atom stereocenters. The number of carbonyl (C=O) groups is 1. The van der Waals surface area contributed by atoms with Gasteiger partial charge >= 0.3 is 0 Å². The number of hydrazine groups is 1. The Morgan fingerprint density at radius 2 is 1.44 bits per heavy atom. The summed E-state index contributed by atoms with van der Waals surface area (Å²) in [4.78, 5) is 17.3. The van der Waals surface area contributed by atoms with Crippen molar-refractivity contribution >= 4 is 11.6 Å². The van der Waals surface area contributed by atoms with Crippen LogP contribution in [0.25, 0.3) is 0 Å². The number of benzene rings is 2. The molecule has 4 rings (SSSR count). The van der Waals surface area contributed by atoms with Gasteiger partial charge in [-0.05, 0) is 38.0 Å². The zero-order valence-corrected chi connectivity index (χ0v) is 16.1. The largest absolute Gasteiger partial charge is 0.368 e. The second kappa shape index (κ2) is 7.71. The van der Waals surface area contributed by atoms with E-state index in [-0.39, 0.29) is 18.0 Å². The Bertz CT molecular complexity index is 779. The minimum atomic E-state index is -0.151. The summed E-state index contributed by atoms with van der Waals surface area (Å²) in [5.74, 6) is 0.209. The predicted molar refractivity (Wildman–Crippen MR) is 109 cm³/mol. The van der Waals surface area contributed by atoms with Gasteiger partial charge in [0.05, 0.1) is 0 Å². The van der Waals surface area contributed by atoms with Crippen molar-refractivity contribution in [1.29, 1.82) is 0 Å². The Kier molecular flexibility index (Phi) is 5.14. The van der Waals surface area contributed by atoms with Crippen molar-refractivity contribution in [2.45, 2.75) is 32.4 Å². The Labute approximate surface area is 161 Å². The van der Waals surface area contributed by atoms with Crippen LogP contribution < -0.4 is 15.8 Å². The van der Waals surface area contributed by atoms with Crippen LogP contribution in [0.5, 0.6) is 0 Å². The average Bonchev–Trinajstić information content (AvgIpc) is 3.19. The summed E-state index contributed by atoms with van der Waals surface area (Å²) in [6.07, 6.45) is 0.792. The van der Waals surface area contributed by atoms with Crippen LogP contribution in [-0.2, 0) is 4.79 Å². The maximum atomic E-state index is 12.9. The fourth-order valence-corrected chi connectivity index (χ4v) is 3.90. The number of nitrogens with one attached hydrogen (secondary N) is 2. The van der Waals surface area contributed by atoms with E-state index in [0.717, 1.165) is 32.6 Å². The van der Waals surface area contributed by atoms with Crippen LogP contribution in [0.15, 0.2) is 48.5 Å². The molecule has 0 aliphatic carbocycles. The first-order valence-corrected chi connectivity index (χ1v) is 9.78. The molecular formula is C22H28N4O. The van der Waals surface area contributed by atoms with Crippen LogP contribution in [0.2, 0.25) is 0 Å². The van der Waals surface area contributed by atoms with E-state index in [1.165, 1.54) is 22.4 Å². The number of aryl methyl sites for hydroxylation is 2. The standard InChI is InChI=1S/C22H28N4O/c1-16-3-7-18(8-4-16)20-15-21(24-23-20)22(27)26-13-11-25(12-14-26)19-9-5-17(2)6-10-19/h3-10,20-21,23-24H,11-15H2,1-2H3. The van der Waals surface area contributed by atoms with Gasteiger partial charge in [-0.15, -0.1) is 0 Å². The van der Waals surface area contributed by atoms with Gasteiger partial charge < -0.3 is 9.80 Å². The molecule has 5 nitrogen and oxygen atoms in total. The minimum absolute atomic E-state index is 0.151. The number of piperazine rings is 1. The van der Waals surface area contributed by atoms with E-state index < -0.39 is 0 Å². The Hall–Kier alpha value is -2.37. The lowest BCUT2D eigenvalue weighted by Crippen LogP contribution is -2.53. The third-order valence-electron chi connectivity index (χ3n) is 5.67. The normalized spacial score (nSPS) is 22.9. The molecule has 2 aliphatic heterocycles. The molecule has 0 spiro atoms. The first-order chi connectivity index (χ1) is 13.1. The second-order valence-electron chi connectivity index (χ2n) is 7.69. The molecule has 0 aromatic heterocycles. The predicted octanol–water partition coefficient (Wildman–Crippen LogP) is 2.56. The van der Waals surface area contributed by atoms with Crippen molar-refractivity contribution in [2.75, 3.05) is 31.1 Å². The van der Waals surface area contributed by atoms with E-state index >= 15 is 0 Å².